The van der Waals surface area contributed by atoms with E-state index in [4.69, 9.17) is 17.3 Å². The third kappa shape index (κ3) is 3.23. The highest BCUT2D eigenvalue weighted by Crippen LogP contribution is 2.26. The molecule has 7 heteroatoms. The highest BCUT2D eigenvalue weighted by atomic mass is 35.5. The Hall–Kier alpha value is -2.86. The normalized spacial score (nSPS) is 11.9. The summed E-state index contributed by atoms with van der Waals surface area (Å²) in [5.41, 5.74) is 9.06. The first-order chi connectivity index (χ1) is 11.6. The molecule has 0 aromatic carbocycles. The van der Waals surface area contributed by atoms with Crippen molar-refractivity contribution in [1.82, 2.24) is 20.2 Å². The number of rotatable bonds is 4. The second-order valence-electron chi connectivity index (χ2n) is 5.29. The number of hydrogen-bond donors (Lipinski definition) is 1. The summed E-state index contributed by atoms with van der Waals surface area (Å²) in [7, 11) is 0. The van der Waals surface area contributed by atoms with Crippen LogP contribution in [0.15, 0.2) is 48.9 Å². The maximum atomic E-state index is 12.0. The molecule has 0 radical (unpaired) electrons. The van der Waals surface area contributed by atoms with Crippen LogP contribution in [-0.4, -0.2) is 26.1 Å². The van der Waals surface area contributed by atoms with Crippen molar-refractivity contribution >= 4 is 17.5 Å². The lowest BCUT2D eigenvalue weighted by Crippen LogP contribution is -2.23. The number of nitrogens with two attached hydrogens (primary N) is 1. The summed E-state index contributed by atoms with van der Waals surface area (Å²) < 4.78 is 0. The summed E-state index contributed by atoms with van der Waals surface area (Å²) in [5, 5.41) is 8.27. The van der Waals surface area contributed by atoms with Gasteiger partial charge >= 0.3 is 0 Å². The summed E-state index contributed by atoms with van der Waals surface area (Å²) in [6.45, 7) is 1.82. The van der Waals surface area contributed by atoms with E-state index in [-0.39, 0.29) is 0 Å². The zero-order valence-corrected chi connectivity index (χ0v) is 13.6. The minimum atomic E-state index is -0.690. The molecule has 6 nitrogen and oxygen atoms in total. The number of pyridine rings is 2. The van der Waals surface area contributed by atoms with Crippen molar-refractivity contribution in [2.24, 2.45) is 5.73 Å². The lowest BCUT2D eigenvalue weighted by Gasteiger charge is -2.14. The molecule has 3 aromatic heterocycles. The molecule has 0 aliphatic heterocycles. The standard InChI is InChI=1S/C17H14ClN5O/c1-10-7-12(9-21-16(10)18)15(17(19)24)14-5-4-11(8-20-14)13-3-2-6-22-23-13/h2-9,15H,1H3,(H2,19,24). The van der Waals surface area contributed by atoms with Crippen LogP contribution in [-0.2, 0) is 4.79 Å². The van der Waals surface area contributed by atoms with Crippen LogP contribution in [0.2, 0.25) is 5.15 Å². The first kappa shape index (κ1) is 16.0. The van der Waals surface area contributed by atoms with Crippen LogP contribution in [0.3, 0.4) is 0 Å². The first-order valence-electron chi connectivity index (χ1n) is 7.21. The van der Waals surface area contributed by atoms with Gasteiger partial charge in [0.2, 0.25) is 5.91 Å². The van der Waals surface area contributed by atoms with Crippen LogP contribution in [0.1, 0.15) is 22.7 Å². The largest absolute Gasteiger partial charge is 0.369 e. The molecule has 3 heterocycles. The molecule has 1 amide bonds. The maximum absolute atomic E-state index is 12.0. The van der Waals surface area contributed by atoms with Crippen molar-refractivity contribution in [3.63, 3.8) is 0 Å². The van der Waals surface area contributed by atoms with Crippen LogP contribution in [0.5, 0.6) is 0 Å². The first-order valence-corrected chi connectivity index (χ1v) is 7.59. The Morgan fingerprint density at radius 2 is 2.04 bits per heavy atom. The van der Waals surface area contributed by atoms with E-state index in [0.717, 1.165) is 11.1 Å². The monoisotopic (exact) mass is 339 g/mol. The van der Waals surface area contributed by atoms with E-state index in [2.05, 4.69) is 20.2 Å². The van der Waals surface area contributed by atoms with Crippen molar-refractivity contribution in [3.8, 4) is 11.3 Å². The maximum Gasteiger partial charge on any atom is 0.231 e. The van der Waals surface area contributed by atoms with E-state index in [1.807, 2.05) is 19.1 Å². The van der Waals surface area contributed by atoms with Gasteiger partial charge in [0.05, 0.1) is 11.4 Å². The fraction of sp³-hybridized carbons (Fsp3) is 0.118. The van der Waals surface area contributed by atoms with Crippen molar-refractivity contribution < 1.29 is 4.79 Å². The van der Waals surface area contributed by atoms with Crippen molar-refractivity contribution in [3.05, 3.63) is 70.9 Å². The number of nitrogens with zero attached hydrogens (tertiary/aromatic N) is 4. The predicted octanol–water partition coefficient (Wildman–Crippen LogP) is 2.51. The minimum absolute atomic E-state index is 0.396. The van der Waals surface area contributed by atoms with Crippen molar-refractivity contribution in [2.45, 2.75) is 12.8 Å². The molecule has 0 bridgehead atoms. The van der Waals surface area contributed by atoms with Gasteiger partial charge in [-0.1, -0.05) is 17.7 Å². The number of carbonyl (C=O) groups excluding carboxylic acids is 1. The molecule has 0 saturated heterocycles. The molecule has 0 aliphatic rings. The summed E-state index contributed by atoms with van der Waals surface area (Å²) in [4.78, 5) is 20.4. The SMILES string of the molecule is Cc1cc(C(C(N)=O)c2ccc(-c3cccnn3)cn2)cnc1Cl. The number of carbonyl (C=O) groups is 1. The zero-order chi connectivity index (χ0) is 17.1. The molecule has 24 heavy (non-hydrogen) atoms. The highest BCUT2D eigenvalue weighted by molar-refractivity contribution is 6.30. The third-order valence-corrected chi connectivity index (χ3v) is 4.00. The van der Waals surface area contributed by atoms with Crippen LogP contribution < -0.4 is 5.73 Å². The quantitative estimate of drug-likeness (QED) is 0.737. The van der Waals surface area contributed by atoms with Crippen LogP contribution in [0, 0.1) is 6.92 Å². The molecule has 120 valence electrons. The molecule has 3 rings (SSSR count). The van der Waals surface area contributed by atoms with Crippen molar-refractivity contribution in [1.29, 1.82) is 0 Å². The van der Waals surface area contributed by atoms with Gasteiger partial charge in [-0.15, -0.1) is 0 Å². The highest BCUT2D eigenvalue weighted by Gasteiger charge is 2.22. The van der Waals surface area contributed by atoms with Gasteiger partial charge in [0.25, 0.3) is 0 Å². The van der Waals surface area contributed by atoms with Gasteiger partial charge in [0, 0.05) is 24.2 Å². The van der Waals surface area contributed by atoms with Gasteiger partial charge in [0.15, 0.2) is 0 Å². The average Bonchev–Trinajstić information content (AvgIpc) is 2.59. The molecule has 0 spiro atoms. The van der Waals surface area contributed by atoms with Gasteiger partial charge in [-0.2, -0.15) is 10.2 Å². The Kier molecular flexibility index (Phi) is 4.48. The lowest BCUT2D eigenvalue weighted by molar-refractivity contribution is -0.118. The van der Waals surface area contributed by atoms with Crippen LogP contribution in [0.4, 0.5) is 0 Å². The Morgan fingerprint density at radius 1 is 1.21 bits per heavy atom. The van der Waals surface area contributed by atoms with Gasteiger partial charge in [0.1, 0.15) is 11.1 Å². The summed E-state index contributed by atoms with van der Waals surface area (Å²) in [6.07, 6.45) is 4.79. The van der Waals surface area contributed by atoms with Gasteiger partial charge in [-0.05, 0) is 42.3 Å². The predicted molar refractivity (Wildman–Crippen MR) is 90.3 cm³/mol. The second kappa shape index (κ2) is 6.72. The van der Waals surface area contributed by atoms with E-state index in [1.165, 1.54) is 0 Å². The van der Waals surface area contributed by atoms with E-state index in [0.29, 0.717) is 22.1 Å². The Bertz CT molecular complexity index is 868. The number of amides is 1. The average molecular weight is 340 g/mol. The number of aromatic nitrogens is 4. The van der Waals surface area contributed by atoms with E-state index in [1.54, 1.807) is 36.8 Å². The molecule has 1 atom stereocenters. The van der Waals surface area contributed by atoms with Crippen LogP contribution >= 0.6 is 11.6 Å². The number of aryl methyl sites for hydroxylation is 1. The molecule has 1 unspecified atom stereocenters. The number of hydrogen-bond acceptors (Lipinski definition) is 5. The van der Waals surface area contributed by atoms with E-state index in [9.17, 15) is 4.79 Å². The van der Waals surface area contributed by atoms with Crippen LogP contribution in [0.25, 0.3) is 11.3 Å². The Labute approximate surface area is 143 Å². The summed E-state index contributed by atoms with van der Waals surface area (Å²) in [5.74, 6) is -1.19. The van der Waals surface area contributed by atoms with Crippen molar-refractivity contribution in [2.75, 3.05) is 0 Å². The van der Waals surface area contributed by atoms with Gasteiger partial charge < -0.3 is 5.73 Å². The number of primary amides is 1. The molecule has 0 saturated carbocycles. The third-order valence-electron chi connectivity index (χ3n) is 3.60. The smallest absolute Gasteiger partial charge is 0.231 e. The lowest BCUT2D eigenvalue weighted by atomic mass is 9.94. The van der Waals surface area contributed by atoms with Gasteiger partial charge in [-0.25, -0.2) is 4.98 Å². The molecule has 3 aromatic rings. The molecule has 0 fully saturated rings. The number of halogens is 1. The minimum Gasteiger partial charge on any atom is -0.369 e. The van der Waals surface area contributed by atoms with Gasteiger partial charge in [-0.3, -0.25) is 9.78 Å². The summed E-state index contributed by atoms with van der Waals surface area (Å²) in [6, 6.07) is 9.01. The fourth-order valence-electron chi connectivity index (χ4n) is 2.40. The Morgan fingerprint density at radius 3 is 2.62 bits per heavy atom. The topological polar surface area (TPSA) is 94.7 Å². The van der Waals surface area contributed by atoms with E-state index >= 15 is 0 Å². The van der Waals surface area contributed by atoms with E-state index < -0.39 is 11.8 Å². The molecular formula is C17H14ClN5O. The second-order valence-corrected chi connectivity index (χ2v) is 5.65. The zero-order valence-electron chi connectivity index (χ0n) is 12.8. The molecule has 2 N–H and O–H groups in total. The summed E-state index contributed by atoms with van der Waals surface area (Å²) >= 11 is 5.94. The Balaban J connectivity index is 1.97. The molecular weight excluding hydrogens is 326 g/mol. The fourth-order valence-corrected chi connectivity index (χ4v) is 2.50. The molecule has 0 aliphatic carbocycles.